The van der Waals surface area contributed by atoms with E-state index in [-0.39, 0.29) is 0 Å². The lowest BCUT2D eigenvalue weighted by atomic mass is 9.96. The maximum Gasteiger partial charge on any atom is 0.0721 e. The third-order valence-corrected chi connectivity index (χ3v) is 5.77. The van der Waals surface area contributed by atoms with Crippen LogP contribution in [0.15, 0.2) is 104 Å². The molecule has 1 nitrogen and oxygen atoms in total. The standard InChI is InChI=1S/C30H24O/c1-22(25-5-3-2-4-6-25)26-13-15-28(16-14-26)27-10-7-23(8-11-27)20-31-21-24-9-12-29-17-18-30(29)19-24/h2-19H,1,20-21H2. The van der Waals surface area contributed by atoms with Gasteiger partial charge in [0, 0.05) is 0 Å². The minimum atomic E-state index is 0.614. The summed E-state index contributed by atoms with van der Waals surface area (Å²) in [6.07, 6.45) is 4.27. The summed E-state index contributed by atoms with van der Waals surface area (Å²) in [5, 5.41) is 0. The second-order valence-electron chi connectivity index (χ2n) is 7.91. The monoisotopic (exact) mass is 400 g/mol. The molecule has 0 saturated heterocycles. The summed E-state index contributed by atoms with van der Waals surface area (Å²) in [5.74, 6) is 0. The summed E-state index contributed by atoms with van der Waals surface area (Å²) in [6.45, 7) is 5.50. The average Bonchev–Trinajstić information content (AvgIpc) is 2.81. The lowest BCUT2D eigenvalue weighted by molar-refractivity contribution is 0.107. The van der Waals surface area contributed by atoms with Crippen LogP contribution in [0.1, 0.15) is 33.4 Å². The Morgan fingerprint density at radius 2 is 1.16 bits per heavy atom. The van der Waals surface area contributed by atoms with E-state index in [1.54, 1.807) is 0 Å². The van der Waals surface area contributed by atoms with Gasteiger partial charge in [0.15, 0.2) is 0 Å². The first kappa shape index (κ1) is 19.3. The van der Waals surface area contributed by atoms with Gasteiger partial charge in [-0.15, -0.1) is 0 Å². The van der Waals surface area contributed by atoms with Gasteiger partial charge in [0.1, 0.15) is 0 Å². The molecule has 1 heteroatoms. The first-order valence-electron chi connectivity index (χ1n) is 10.6. The average molecular weight is 401 g/mol. The number of fused-ring (bicyclic) bond motifs is 1. The fraction of sp³-hybridized carbons (Fsp3) is 0.0667. The van der Waals surface area contributed by atoms with Crippen LogP contribution in [0.3, 0.4) is 0 Å². The normalized spacial score (nSPS) is 11.6. The molecular weight excluding hydrogens is 376 g/mol. The highest BCUT2D eigenvalue weighted by Gasteiger charge is 2.06. The van der Waals surface area contributed by atoms with E-state index in [1.807, 2.05) is 18.2 Å². The van der Waals surface area contributed by atoms with Crippen molar-refractivity contribution in [3.05, 3.63) is 137 Å². The molecule has 0 atom stereocenters. The molecule has 0 unspecified atom stereocenters. The van der Waals surface area contributed by atoms with Gasteiger partial charge in [0.2, 0.25) is 0 Å². The summed E-state index contributed by atoms with van der Waals surface area (Å²) in [7, 11) is 0. The summed E-state index contributed by atoms with van der Waals surface area (Å²) in [5.41, 5.74) is 10.8. The van der Waals surface area contributed by atoms with Crippen molar-refractivity contribution in [2.24, 2.45) is 0 Å². The Balaban J connectivity index is 1.19. The van der Waals surface area contributed by atoms with Gasteiger partial charge in [-0.05, 0) is 56.1 Å². The molecule has 0 amide bonds. The minimum absolute atomic E-state index is 0.614. The summed E-state index contributed by atoms with van der Waals surface area (Å²) >= 11 is 0. The van der Waals surface area contributed by atoms with Crippen LogP contribution in [0.4, 0.5) is 0 Å². The Kier molecular flexibility index (Phi) is 5.35. The van der Waals surface area contributed by atoms with Crippen LogP contribution >= 0.6 is 0 Å². The van der Waals surface area contributed by atoms with Crippen molar-refractivity contribution in [3.63, 3.8) is 0 Å². The van der Waals surface area contributed by atoms with Gasteiger partial charge in [-0.3, -0.25) is 0 Å². The fourth-order valence-electron chi connectivity index (χ4n) is 3.84. The Morgan fingerprint density at radius 1 is 0.581 bits per heavy atom. The van der Waals surface area contributed by atoms with Crippen molar-refractivity contribution in [2.45, 2.75) is 13.2 Å². The van der Waals surface area contributed by atoms with Gasteiger partial charge < -0.3 is 4.74 Å². The van der Waals surface area contributed by atoms with E-state index in [2.05, 4.69) is 97.6 Å². The molecule has 0 saturated carbocycles. The number of rotatable bonds is 7. The van der Waals surface area contributed by atoms with Crippen LogP contribution in [0.5, 0.6) is 0 Å². The topological polar surface area (TPSA) is 9.23 Å². The summed E-state index contributed by atoms with van der Waals surface area (Å²) in [4.78, 5) is 0. The second-order valence-corrected chi connectivity index (χ2v) is 7.91. The van der Waals surface area contributed by atoms with E-state index in [1.165, 1.54) is 33.4 Å². The van der Waals surface area contributed by atoms with Crippen molar-refractivity contribution < 1.29 is 4.74 Å². The third kappa shape index (κ3) is 4.28. The van der Waals surface area contributed by atoms with E-state index >= 15 is 0 Å². The number of hydrogen-bond donors (Lipinski definition) is 0. The highest BCUT2D eigenvalue weighted by molar-refractivity contribution is 5.85. The predicted octanol–water partition coefficient (Wildman–Crippen LogP) is 7.62. The molecule has 150 valence electrons. The van der Waals surface area contributed by atoms with Crippen LogP contribution < -0.4 is 0 Å². The highest BCUT2D eigenvalue weighted by atomic mass is 16.5. The predicted molar refractivity (Wildman–Crippen MR) is 130 cm³/mol. The Bertz CT molecular complexity index is 1230. The maximum atomic E-state index is 5.92. The van der Waals surface area contributed by atoms with Crippen LogP contribution in [0.25, 0.3) is 28.9 Å². The molecule has 0 radical (unpaired) electrons. The smallest absolute Gasteiger partial charge is 0.0721 e. The molecule has 0 aromatic heterocycles. The van der Waals surface area contributed by atoms with Gasteiger partial charge in [0.25, 0.3) is 0 Å². The van der Waals surface area contributed by atoms with Crippen molar-refractivity contribution >= 4 is 17.7 Å². The number of hydrogen-bond acceptors (Lipinski definition) is 1. The van der Waals surface area contributed by atoms with Crippen LogP contribution in [0.2, 0.25) is 0 Å². The lowest BCUT2D eigenvalue weighted by Gasteiger charge is -2.12. The van der Waals surface area contributed by atoms with Crippen molar-refractivity contribution in [3.8, 4) is 11.1 Å². The van der Waals surface area contributed by atoms with E-state index < -0.39 is 0 Å². The Hall–Kier alpha value is -3.68. The molecule has 0 bridgehead atoms. The molecule has 0 spiro atoms. The molecule has 5 rings (SSSR count). The Labute approximate surface area is 184 Å². The quantitative estimate of drug-likeness (QED) is 0.273. The molecular formula is C30H24O. The fourth-order valence-corrected chi connectivity index (χ4v) is 3.84. The maximum absolute atomic E-state index is 5.92. The largest absolute Gasteiger partial charge is 0.372 e. The minimum Gasteiger partial charge on any atom is -0.372 e. The summed E-state index contributed by atoms with van der Waals surface area (Å²) in [6, 6.07) is 34.0. The first-order chi connectivity index (χ1) is 15.3. The van der Waals surface area contributed by atoms with Gasteiger partial charge in [-0.25, -0.2) is 0 Å². The molecule has 31 heavy (non-hydrogen) atoms. The van der Waals surface area contributed by atoms with E-state index in [9.17, 15) is 0 Å². The molecule has 0 aliphatic heterocycles. The highest BCUT2D eigenvalue weighted by Crippen LogP contribution is 2.26. The van der Waals surface area contributed by atoms with Gasteiger partial charge in [0.05, 0.1) is 13.2 Å². The zero-order chi connectivity index (χ0) is 21.0. The van der Waals surface area contributed by atoms with Crippen LogP contribution in [0, 0.1) is 0 Å². The number of ether oxygens (including phenoxy) is 1. The van der Waals surface area contributed by atoms with Gasteiger partial charge in [-0.1, -0.05) is 110 Å². The molecule has 4 aromatic carbocycles. The van der Waals surface area contributed by atoms with Crippen molar-refractivity contribution in [1.29, 1.82) is 0 Å². The number of benzene rings is 4. The zero-order valence-corrected chi connectivity index (χ0v) is 17.4. The molecule has 4 aromatic rings. The molecule has 0 N–H and O–H groups in total. The Morgan fingerprint density at radius 3 is 1.81 bits per heavy atom. The molecule has 0 heterocycles. The van der Waals surface area contributed by atoms with E-state index in [0.29, 0.717) is 13.2 Å². The van der Waals surface area contributed by atoms with Crippen LogP contribution in [-0.4, -0.2) is 0 Å². The molecule has 1 aliphatic rings. The second kappa shape index (κ2) is 8.59. The van der Waals surface area contributed by atoms with Crippen LogP contribution in [-0.2, 0) is 18.0 Å². The van der Waals surface area contributed by atoms with E-state index in [0.717, 1.165) is 16.7 Å². The third-order valence-electron chi connectivity index (χ3n) is 5.77. The van der Waals surface area contributed by atoms with Crippen molar-refractivity contribution in [2.75, 3.05) is 0 Å². The zero-order valence-electron chi connectivity index (χ0n) is 17.4. The first-order valence-corrected chi connectivity index (χ1v) is 10.6. The molecule has 0 fully saturated rings. The van der Waals surface area contributed by atoms with Crippen molar-refractivity contribution in [1.82, 2.24) is 0 Å². The lowest BCUT2D eigenvalue weighted by Crippen LogP contribution is -1.97. The van der Waals surface area contributed by atoms with E-state index in [4.69, 9.17) is 4.74 Å². The SMILES string of the molecule is C=C(c1ccccc1)c1ccc(-c2ccc(COCc3ccc4c(c3)C=C4)cc2)cc1. The van der Waals surface area contributed by atoms with Gasteiger partial charge in [-0.2, -0.15) is 0 Å². The molecule has 1 aliphatic carbocycles. The van der Waals surface area contributed by atoms with Gasteiger partial charge >= 0.3 is 0 Å². The summed E-state index contributed by atoms with van der Waals surface area (Å²) < 4.78 is 5.92.